The molecule has 1 aromatic carbocycles. The molecule has 4 nitrogen and oxygen atoms in total. The Morgan fingerprint density at radius 3 is 2.70 bits per heavy atom. The molecule has 5 heteroatoms. The fourth-order valence-electron chi connectivity index (χ4n) is 1.65. The molecule has 0 amide bonds. The molecule has 0 unspecified atom stereocenters. The minimum Gasteiger partial charge on any atom is -0.437 e. The molecule has 1 N–H and O–H groups in total. The molecule has 0 aliphatic carbocycles. The molecule has 20 heavy (non-hydrogen) atoms. The van der Waals surface area contributed by atoms with E-state index in [1.54, 1.807) is 25.1 Å². The van der Waals surface area contributed by atoms with Gasteiger partial charge in [-0.3, -0.25) is 0 Å². The van der Waals surface area contributed by atoms with Crippen LogP contribution in [0.2, 0.25) is 0 Å². The summed E-state index contributed by atoms with van der Waals surface area (Å²) in [5.41, 5.74) is 1.43. The summed E-state index contributed by atoms with van der Waals surface area (Å²) >= 11 is 0. The van der Waals surface area contributed by atoms with Crippen LogP contribution in [0, 0.1) is 12.7 Å². The van der Waals surface area contributed by atoms with Crippen LogP contribution < -0.4 is 10.1 Å². The van der Waals surface area contributed by atoms with E-state index in [-0.39, 0.29) is 5.82 Å². The topological polar surface area (TPSA) is 47.0 Å². The van der Waals surface area contributed by atoms with Crippen molar-refractivity contribution in [3.63, 3.8) is 0 Å². The summed E-state index contributed by atoms with van der Waals surface area (Å²) in [7, 11) is 0. The Bertz CT molecular complexity index is 558. The molecule has 2 rings (SSSR count). The minimum absolute atomic E-state index is 0.296. The van der Waals surface area contributed by atoms with Crippen molar-refractivity contribution in [1.82, 2.24) is 15.5 Å². The molecule has 1 heterocycles. The van der Waals surface area contributed by atoms with Gasteiger partial charge in [0, 0.05) is 18.7 Å². The van der Waals surface area contributed by atoms with E-state index in [1.165, 1.54) is 6.07 Å². The number of nitrogens with one attached hydrogen (secondary N) is 1. The third kappa shape index (κ3) is 3.99. The maximum absolute atomic E-state index is 13.4. The average Bonchev–Trinajstić information content (AvgIpc) is 2.45. The summed E-state index contributed by atoms with van der Waals surface area (Å²) < 4.78 is 18.9. The molecule has 0 bridgehead atoms. The first-order valence-electron chi connectivity index (χ1n) is 6.66. The van der Waals surface area contributed by atoms with E-state index in [2.05, 4.69) is 22.4 Å². The highest BCUT2D eigenvalue weighted by Crippen LogP contribution is 2.21. The van der Waals surface area contributed by atoms with Gasteiger partial charge in [0.2, 0.25) is 5.88 Å². The quantitative estimate of drug-likeness (QED) is 0.822. The van der Waals surface area contributed by atoms with Crippen LogP contribution in [0.25, 0.3) is 0 Å². The maximum Gasteiger partial charge on any atom is 0.238 e. The highest BCUT2D eigenvalue weighted by molar-refractivity contribution is 5.30. The van der Waals surface area contributed by atoms with Crippen LogP contribution >= 0.6 is 0 Å². The predicted octanol–water partition coefficient (Wildman–Crippen LogP) is 3.22. The summed E-state index contributed by atoms with van der Waals surface area (Å²) in [4.78, 5) is 0. The zero-order chi connectivity index (χ0) is 14.4. The largest absolute Gasteiger partial charge is 0.437 e. The Morgan fingerprint density at radius 2 is 2.05 bits per heavy atom. The summed E-state index contributed by atoms with van der Waals surface area (Å²) in [6, 6.07) is 8.29. The van der Waals surface area contributed by atoms with Crippen molar-refractivity contribution in [1.29, 1.82) is 0 Å². The normalized spacial score (nSPS) is 10.6. The zero-order valence-corrected chi connectivity index (χ0v) is 11.7. The Labute approximate surface area is 118 Å². The molecular weight excluding hydrogens is 257 g/mol. The second-order valence-electron chi connectivity index (χ2n) is 4.55. The Hall–Kier alpha value is -2.01. The first-order valence-corrected chi connectivity index (χ1v) is 6.66. The van der Waals surface area contributed by atoms with Gasteiger partial charge in [0.25, 0.3) is 0 Å². The lowest BCUT2D eigenvalue weighted by Gasteiger charge is -2.06. The lowest BCUT2D eigenvalue weighted by Crippen LogP contribution is -2.15. The number of benzene rings is 1. The van der Waals surface area contributed by atoms with Crippen molar-refractivity contribution >= 4 is 0 Å². The summed E-state index contributed by atoms with van der Waals surface area (Å²) in [5, 5.41) is 11.3. The lowest BCUT2D eigenvalue weighted by molar-refractivity contribution is 0.448. The van der Waals surface area contributed by atoms with Gasteiger partial charge >= 0.3 is 0 Å². The molecule has 0 aliphatic heterocycles. The third-order valence-electron chi connectivity index (χ3n) is 2.79. The van der Waals surface area contributed by atoms with Crippen LogP contribution in [-0.4, -0.2) is 16.7 Å². The van der Waals surface area contributed by atoms with Gasteiger partial charge in [-0.1, -0.05) is 13.0 Å². The molecule has 0 spiro atoms. The molecule has 0 saturated heterocycles. The van der Waals surface area contributed by atoms with Crippen molar-refractivity contribution in [2.24, 2.45) is 0 Å². The monoisotopic (exact) mass is 275 g/mol. The van der Waals surface area contributed by atoms with Crippen LogP contribution in [0.3, 0.4) is 0 Å². The van der Waals surface area contributed by atoms with Crippen molar-refractivity contribution < 1.29 is 9.13 Å². The fraction of sp³-hybridized carbons (Fsp3) is 0.333. The van der Waals surface area contributed by atoms with Gasteiger partial charge in [0.1, 0.15) is 11.6 Å². The van der Waals surface area contributed by atoms with Gasteiger partial charge in [-0.2, -0.15) is 5.10 Å². The van der Waals surface area contributed by atoms with Crippen LogP contribution in [0.4, 0.5) is 4.39 Å². The van der Waals surface area contributed by atoms with Crippen molar-refractivity contribution in [2.75, 3.05) is 6.54 Å². The Morgan fingerprint density at radius 1 is 1.20 bits per heavy atom. The predicted molar refractivity (Wildman–Crippen MR) is 75.2 cm³/mol. The molecule has 0 aliphatic rings. The summed E-state index contributed by atoms with van der Waals surface area (Å²) in [6.45, 7) is 5.44. The van der Waals surface area contributed by atoms with E-state index in [9.17, 15) is 4.39 Å². The van der Waals surface area contributed by atoms with Crippen molar-refractivity contribution in [3.8, 4) is 11.6 Å². The van der Waals surface area contributed by atoms with Gasteiger partial charge in [-0.05, 0) is 37.6 Å². The number of aryl methyl sites for hydroxylation is 1. The maximum atomic E-state index is 13.4. The standard InChI is InChI=1S/C15H18FN3O/c1-3-8-17-10-12-5-7-15(19-18-12)20-13-6-4-11(2)14(16)9-13/h4-7,9,17H,3,8,10H2,1-2H3. The molecule has 106 valence electrons. The first kappa shape index (κ1) is 14.4. The highest BCUT2D eigenvalue weighted by atomic mass is 19.1. The first-order chi connectivity index (χ1) is 9.69. The molecule has 2 aromatic rings. The Balaban J connectivity index is 1.97. The second kappa shape index (κ2) is 6.96. The minimum atomic E-state index is -0.296. The Kier molecular flexibility index (Phi) is 5.01. The number of rotatable bonds is 6. The third-order valence-corrected chi connectivity index (χ3v) is 2.79. The summed E-state index contributed by atoms with van der Waals surface area (Å²) in [6.07, 6.45) is 1.08. The van der Waals surface area contributed by atoms with E-state index in [1.807, 2.05) is 6.07 Å². The molecule has 0 fully saturated rings. The van der Waals surface area contributed by atoms with Gasteiger partial charge < -0.3 is 10.1 Å². The van der Waals surface area contributed by atoms with E-state index in [0.717, 1.165) is 18.7 Å². The molecule has 0 radical (unpaired) electrons. The second-order valence-corrected chi connectivity index (χ2v) is 4.55. The van der Waals surface area contributed by atoms with Crippen LogP contribution in [0.5, 0.6) is 11.6 Å². The zero-order valence-electron chi connectivity index (χ0n) is 11.7. The van der Waals surface area contributed by atoms with Crippen LogP contribution in [0.15, 0.2) is 30.3 Å². The van der Waals surface area contributed by atoms with Crippen molar-refractivity contribution in [2.45, 2.75) is 26.8 Å². The molecular formula is C15H18FN3O. The van der Waals surface area contributed by atoms with Gasteiger partial charge in [-0.25, -0.2) is 4.39 Å². The molecule has 0 atom stereocenters. The number of halogens is 1. The van der Waals surface area contributed by atoms with Crippen molar-refractivity contribution in [3.05, 3.63) is 47.4 Å². The van der Waals surface area contributed by atoms with Gasteiger partial charge in [0.15, 0.2) is 0 Å². The van der Waals surface area contributed by atoms with Gasteiger partial charge in [-0.15, -0.1) is 5.10 Å². The number of hydrogen-bond donors (Lipinski definition) is 1. The number of aromatic nitrogens is 2. The highest BCUT2D eigenvalue weighted by Gasteiger charge is 2.03. The van der Waals surface area contributed by atoms with E-state index in [0.29, 0.717) is 23.7 Å². The van der Waals surface area contributed by atoms with Crippen LogP contribution in [-0.2, 0) is 6.54 Å². The fourth-order valence-corrected chi connectivity index (χ4v) is 1.65. The van der Waals surface area contributed by atoms with E-state index >= 15 is 0 Å². The number of hydrogen-bond acceptors (Lipinski definition) is 4. The van der Waals surface area contributed by atoms with E-state index < -0.39 is 0 Å². The summed E-state index contributed by atoms with van der Waals surface area (Å²) in [5.74, 6) is 0.475. The SMILES string of the molecule is CCCNCc1ccc(Oc2ccc(C)c(F)c2)nn1. The number of ether oxygens (including phenoxy) is 1. The molecule has 0 saturated carbocycles. The molecule has 1 aromatic heterocycles. The smallest absolute Gasteiger partial charge is 0.238 e. The van der Waals surface area contributed by atoms with Crippen LogP contribution in [0.1, 0.15) is 24.6 Å². The number of nitrogens with zero attached hydrogens (tertiary/aromatic N) is 2. The van der Waals surface area contributed by atoms with E-state index in [4.69, 9.17) is 4.74 Å². The lowest BCUT2D eigenvalue weighted by atomic mass is 10.2. The average molecular weight is 275 g/mol. The van der Waals surface area contributed by atoms with Gasteiger partial charge in [0.05, 0.1) is 5.69 Å².